The third-order valence-electron chi connectivity index (χ3n) is 3.61. The zero-order valence-corrected chi connectivity index (χ0v) is 11.7. The molecule has 3 heterocycles. The van der Waals surface area contributed by atoms with E-state index in [4.69, 9.17) is 14.2 Å². The van der Waals surface area contributed by atoms with Gasteiger partial charge in [-0.1, -0.05) is 0 Å². The maximum absolute atomic E-state index is 11.9. The summed E-state index contributed by atoms with van der Waals surface area (Å²) in [5.74, 6) is -1.17. The molecular weight excluding hydrogens is 280 g/mol. The van der Waals surface area contributed by atoms with Crippen LogP contribution < -0.4 is 0 Å². The normalized spacial score (nSPS) is 35.6. The minimum absolute atomic E-state index is 0.194. The Morgan fingerprint density at radius 1 is 1.48 bits per heavy atom. The topological polar surface area (TPSA) is 103 Å². The van der Waals surface area contributed by atoms with Crippen molar-refractivity contribution in [3.8, 4) is 0 Å². The Labute approximate surface area is 121 Å². The molecule has 21 heavy (non-hydrogen) atoms. The Hall–Kier alpha value is -1.32. The second kappa shape index (κ2) is 5.15. The Bertz CT molecular complexity index is 517. The number of rotatable bonds is 3. The van der Waals surface area contributed by atoms with Crippen LogP contribution in [0.1, 0.15) is 25.1 Å². The molecule has 8 heteroatoms. The largest absolute Gasteiger partial charge is 0.390 e. The summed E-state index contributed by atoms with van der Waals surface area (Å²) in [7, 11) is 0. The third kappa shape index (κ3) is 2.72. The standard InChI is InChI=1S/C13H18N2O6/c1-13(2)20-11-9(18)10(19-12(11)21-13)7(16)5-8(17)15-4-3-14-6-15/h3-4,6-7,9-12,16,18H,5H2,1-2H3/t7-,9-,10+,11+,12+/m0/s1. The molecule has 0 aromatic carbocycles. The van der Waals surface area contributed by atoms with Gasteiger partial charge in [0.05, 0.1) is 12.5 Å². The van der Waals surface area contributed by atoms with Crippen LogP contribution in [0.3, 0.4) is 0 Å². The van der Waals surface area contributed by atoms with Gasteiger partial charge >= 0.3 is 0 Å². The fourth-order valence-electron chi connectivity index (χ4n) is 2.64. The molecule has 3 rings (SSSR count). The molecule has 8 nitrogen and oxygen atoms in total. The molecule has 0 unspecified atom stereocenters. The molecule has 2 aliphatic rings. The second-order valence-corrected chi connectivity index (χ2v) is 5.69. The first kappa shape index (κ1) is 14.6. The highest BCUT2D eigenvalue weighted by Gasteiger charge is 2.56. The van der Waals surface area contributed by atoms with E-state index in [1.807, 2.05) is 0 Å². The third-order valence-corrected chi connectivity index (χ3v) is 3.61. The summed E-state index contributed by atoms with van der Waals surface area (Å²) in [5.41, 5.74) is 0. The van der Waals surface area contributed by atoms with E-state index in [1.165, 1.54) is 23.3 Å². The van der Waals surface area contributed by atoms with E-state index in [0.717, 1.165) is 0 Å². The molecule has 1 aromatic heterocycles. The average molecular weight is 298 g/mol. The number of aliphatic hydroxyl groups is 2. The number of aromatic nitrogens is 2. The van der Waals surface area contributed by atoms with Crippen LogP contribution >= 0.6 is 0 Å². The highest BCUT2D eigenvalue weighted by Crippen LogP contribution is 2.38. The fourth-order valence-corrected chi connectivity index (χ4v) is 2.64. The average Bonchev–Trinajstić information content (AvgIpc) is 3.07. The summed E-state index contributed by atoms with van der Waals surface area (Å²) >= 11 is 0. The summed E-state index contributed by atoms with van der Waals surface area (Å²) in [5, 5.41) is 20.3. The van der Waals surface area contributed by atoms with E-state index in [9.17, 15) is 15.0 Å². The molecule has 1 aromatic rings. The Kier molecular flexibility index (Phi) is 3.58. The zero-order valence-electron chi connectivity index (χ0n) is 11.7. The van der Waals surface area contributed by atoms with Crippen molar-refractivity contribution in [2.45, 2.75) is 56.8 Å². The van der Waals surface area contributed by atoms with Crippen molar-refractivity contribution >= 4 is 5.91 Å². The first-order chi connectivity index (χ1) is 9.87. The van der Waals surface area contributed by atoms with Crippen molar-refractivity contribution in [3.05, 3.63) is 18.7 Å². The number of nitrogens with zero attached hydrogens (tertiary/aromatic N) is 2. The van der Waals surface area contributed by atoms with Crippen molar-refractivity contribution in [1.82, 2.24) is 9.55 Å². The molecule has 5 atom stereocenters. The zero-order chi connectivity index (χ0) is 15.2. The van der Waals surface area contributed by atoms with Gasteiger partial charge in [-0.15, -0.1) is 0 Å². The van der Waals surface area contributed by atoms with Gasteiger partial charge in [-0.3, -0.25) is 9.36 Å². The van der Waals surface area contributed by atoms with Gasteiger partial charge in [-0.25, -0.2) is 4.98 Å². The number of imidazole rings is 1. The van der Waals surface area contributed by atoms with E-state index in [2.05, 4.69) is 4.98 Å². The maximum Gasteiger partial charge on any atom is 0.234 e. The van der Waals surface area contributed by atoms with Crippen molar-refractivity contribution in [1.29, 1.82) is 0 Å². The van der Waals surface area contributed by atoms with Gasteiger partial charge in [-0.2, -0.15) is 0 Å². The number of hydrogen-bond acceptors (Lipinski definition) is 7. The van der Waals surface area contributed by atoms with E-state index in [-0.39, 0.29) is 12.3 Å². The molecule has 0 aliphatic carbocycles. The second-order valence-electron chi connectivity index (χ2n) is 5.69. The molecule has 0 saturated carbocycles. The van der Waals surface area contributed by atoms with Gasteiger partial charge in [0, 0.05) is 12.4 Å². The van der Waals surface area contributed by atoms with Crippen molar-refractivity contribution in [2.75, 3.05) is 0 Å². The number of aliphatic hydroxyl groups excluding tert-OH is 2. The highest BCUT2D eigenvalue weighted by atomic mass is 16.8. The molecule has 116 valence electrons. The first-order valence-corrected chi connectivity index (χ1v) is 6.76. The minimum Gasteiger partial charge on any atom is -0.390 e. The smallest absolute Gasteiger partial charge is 0.234 e. The van der Waals surface area contributed by atoms with E-state index >= 15 is 0 Å². The number of carbonyl (C=O) groups is 1. The monoisotopic (exact) mass is 298 g/mol. The van der Waals surface area contributed by atoms with E-state index < -0.39 is 36.5 Å². The van der Waals surface area contributed by atoms with Gasteiger partial charge in [0.15, 0.2) is 12.1 Å². The first-order valence-electron chi connectivity index (χ1n) is 6.76. The SMILES string of the molecule is CC1(C)O[C@H]2O[C@H]([C@@H](O)CC(=O)n3ccnc3)[C@H](O)[C@H]2O1. The summed E-state index contributed by atoms with van der Waals surface area (Å²) in [6.45, 7) is 3.44. The van der Waals surface area contributed by atoms with Gasteiger partial charge in [-0.05, 0) is 13.8 Å². The Balaban J connectivity index is 1.62. The summed E-state index contributed by atoms with van der Waals surface area (Å²) in [4.78, 5) is 15.7. The van der Waals surface area contributed by atoms with Gasteiger partial charge in [0.1, 0.15) is 24.6 Å². The molecule has 2 fully saturated rings. The van der Waals surface area contributed by atoms with Crippen LogP contribution in [0.15, 0.2) is 18.7 Å². The molecule has 2 aliphatic heterocycles. The summed E-state index contributed by atoms with van der Waals surface area (Å²) < 4.78 is 17.8. The van der Waals surface area contributed by atoms with Crippen molar-refractivity contribution in [2.24, 2.45) is 0 Å². The number of fused-ring (bicyclic) bond motifs is 1. The van der Waals surface area contributed by atoms with E-state index in [0.29, 0.717) is 0 Å². The summed E-state index contributed by atoms with van der Waals surface area (Å²) in [6.07, 6.45) is -0.419. The van der Waals surface area contributed by atoms with Crippen LogP contribution in [-0.2, 0) is 14.2 Å². The molecule has 2 saturated heterocycles. The maximum atomic E-state index is 11.9. The number of carbonyl (C=O) groups excluding carboxylic acids is 1. The van der Waals surface area contributed by atoms with Gasteiger partial charge in [0.25, 0.3) is 0 Å². The summed E-state index contributed by atoms with van der Waals surface area (Å²) in [6, 6.07) is 0. The minimum atomic E-state index is -1.16. The van der Waals surface area contributed by atoms with Crippen LogP contribution in [0.5, 0.6) is 0 Å². The van der Waals surface area contributed by atoms with Crippen molar-refractivity contribution < 1.29 is 29.2 Å². The number of hydrogen-bond donors (Lipinski definition) is 2. The molecule has 0 amide bonds. The fraction of sp³-hybridized carbons (Fsp3) is 0.692. The number of ether oxygens (including phenoxy) is 3. The molecule has 2 N–H and O–H groups in total. The van der Waals surface area contributed by atoms with Gasteiger partial charge in [0.2, 0.25) is 5.91 Å². The quantitative estimate of drug-likeness (QED) is 0.776. The van der Waals surface area contributed by atoms with Crippen LogP contribution in [0.2, 0.25) is 0 Å². The van der Waals surface area contributed by atoms with Crippen LogP contribution in [0.25, 0.3) is 0 Å². The van der Waals surface area contributed by atoms with Crippen LogP contribution in [-0.4, -0.2) is 62.2 Å². The Morgan fingerprint density at radius 3 is 2.86 bits per heavy atom. The van der Waals surface area contributed by atoms with Gasteiger partial charge < -0.3 is 24.4 Å². The lowest BCUT2D eigenvalue weighted by Gasteiger charge is -2.25. The highest BCUT2D eigenvalue weighted by molar-refractivity contribution is 5.79. The van der Waals surface area contributed by atoms with E-state index in [1.54, 1.807) is 13.8 Å². The lowest BCUT2D eigenvalue weighted by atomic mass is 10.0. The molecule has 0 bridgehead atoms. The Morgan fingerprint density at radius 2 is 2.24 bits per heavy atom. The predicted octanol–water partition coefficient (Wildman–Crippen LogP) is -0.488. The van der Waals surface area contributed by atoms with Crippen LogP contribution in [0, 0.1) is 0 Å². The molecule has 0 radical (unpaired) electrons. The van der Waals surface area contributed by atoms with Crippen molar-refractivity contribution in [3.63, 3.8) is 0 Å². The molecule has 0 spiro atoms. The lowest BCUT2D eigenvalue weighted by molar-refractivity contribution is -0.225. The predicted molar refractivity (Wildman–Crippen MR) is 68.2 cm³/mol. The lowest BCUT2D eigenvalue weighted by Crippen LogP contribution is -2.42. The molecular formula is C13H18N2O6. The van der Waals surface area contributed by atoms with Crippen LogP contribution in [0.4, 0.5) is 0 Å².